The lowest BCUT2D eigenvalue weighted by molar-refractivity contribution is 0.151. The Kier molecular flexibility index (Phi) is 4.22. The molecule has 0 N–H and O–H groups in total. The molecule has 118 valence electrons. The average Bonchev–Trinajstić information content (AvgIpc) is 2.95. The van der Waals surface area contributed by atoms with Crippen LogP contribution in [0.15, 0.2) is 42.6 Å². The van der Waals surface area contributed by atoms with Crippen LogP contribution >= 0.6 is 0 Å². The molecule has 6 nitrogen and oxygen atoms in total. The van der Waals surface area contributed by atoms with Gasteiger partial charge < -0.3 is 4.74 Å². The van der Waals surface area contributed by atoms with E-state index in [2.05, 4.69) is 20.5 Å². The Hall–Kier alpha value is -2.90. The van der Waals surface area contributed by atoms with Gasteiger partial charge in [-0.1, -0.05) is 17.3 Å². The van der Waals surface area contributed by atoms with Crippen molar-refractivity contribution < 1.29 is 13.5 Å². The second-order valence-corrected chi connectivity index (χ2v) is 4.78. The first kappa shape index (κ1) is 15.0. The summed E-state index contributed by atoms with van der Waals surface area (Å²) in [6, 6.07) is 9.28. The Morgan fingerprint density at radius 2 is 1.91 bits per heavy atom. The molecular weight excluding hydrogens is 304 g/mol. The maximum Gasteiger partial charge on any atom is 0.263 e. The van der Waals surface area contributed by atoms with Crippen LogP contribution < -0.4 is 4.74 Å². The first-order valence-corrected chi connectivity index (χ1v) is 6.85. The van der Waals surface area contributed by atoms with Crippen LogP contribution in [-0.2, 0) is 6.61 Å². The number of alkyl halides is 2. The van der Waals surface area contributed by atoms with E-state index in [0.717, 1.165) is 0 Å². The molecule has 0 aliphatic heterocycles. The minimum absolute atomic E-state index is 0.0389. The molecule has 0 atom stereocenters. The lowest BCUT2D eigenvalue weighted by atomic mass is 10.2. The van der Waals surface area contributed by atoms with E-state index in [1.165, 1.54) is 12.1 Å². The molecule has 0 amide bonds. The molecule has 3 aromatic rings. The largest absolute Gasteiger partial charge is 0.470 e. The van der Waals surface area contributed by atoms with Crippen LogP contribution in [-0.4, -0.2) is 25.2 Å². The van der Waals surface area contributed by atoms with Gasteiger partial charge in [-0.3, -0.25) is 0 Å². The van der Waals surface area contributed by atoms with E-state index in [1.54, 1.807) is 42.1 Å². The Morgan fingerprint density at radius 3 is 2.57 bits per heavy atom. The van der Waals surface area contributed by atoms with Gasteiger partial charge in [-0.05, 0) is 25.1 Å². The highest BCUT2D eigenvalue weighted by molar-refractivity contribution is 5.36. The van der Waals surface area contributed by atoms with E-state index in [0.29, 0.717) is 23.0 Å². The molecule has 0 saturated carbocycles. The summed E-state index contributed by atoms with van der Waals surface area (Å²) >= 11 is 0. The third kappa shape index (κ3) is 3.31. The molecule has 0 unspecified atom stereocenters. The Labute approximate surface area is 130 Å². The number of ether oxygens (including phenoxy) is 1. The van der Waals surface area contributed by atoms with E-state index in [4.69, 9.17) is 4.74 Å². The predicted octanol–water partition coefficient (Wildman–Crippen LogP) is 2.88. The molecule has 1 aromatic carbocycles. The number of nitrogens with zero attached hydrogens (tertiary/aromatic N) is 5. The lowest BCUT2D eigenvalue weighted by Crippen LogP contribution is -2.07. The molecule has 0 aliphatic rings. The smallest absolute Gasteiger partial charge is 0.263 e. The van der Waals surface area contributed by atoms with Gasteiger partial charge >= 0.3 is 0 Å². The first-order chi connectivity index (χ1) is 11.1. The maximum absolute atomic E-state index is 12.6. The van der Waals surface area contributed by atoms with Crippen molar-refractivity contribution in [2.24, 2.45) is 0 Å². The van der Waals surface area contributed by atoms with E-state index in [-0.39, 0.29) is 12.2 Å². The molecule has 0 bridgehead atoms. The summed E-state index contributed by atoms with van der Waals surface area (Å²) in [6.45, 7) is 1.99. The molecule has 8 heteroatoms. The number of rotatable bonds is 5. The zero-order valence-corrected chi connectivity index (χ0v) is 12.2. The molecule has 0 spiro atoms. The third-order valence-electron chi connectivity index (χ3n) is 3.25. The van der Waals surface area contributed by atoms with Gasteiger partial charge in [-0.15, -0.1) is 10.2 Å². The summed E-state index contributed by atoms with van der Waals surface area (Å²) in [6.07, 6.45) is -0.949. The molecule has 2 aromatic heterocycles. The highest BCUT2D eigenvalue weighted by atomic mass is 19.3. The summed E-state index contributed by atoms with van der Waals surface area (Å²) in [7, 11) is 0. The standard InChI is InChI=1S/C15H13F2N5O/c1-10-13(9-23-14-3-2-8-18-20-14)22(21-19-10)12-6-4-11(5-7-12)15(16)17/h2-8,15H,9H2,1H3. The highest BCUT2D eigenvalue weighted by Crippen LogP contribution is 2.21. The molecule has 0 fully saturated rings. The van der Waals surface area contributed by atoms with Crippen molar-refractivity contribution >= 4 is 0 Å². The molecule has 0 aliphatic carbocycles. The van der Waals surface area contributed by atoms with Crippen LogP contribution in [0.4, 0.5) is 8.78 Å². The molecular formula is C15H13F2N5O. The second kappa shape index (κ2) is 6.47. The zero-order valence-electron chi connectivity index (χ0n) is 12.2. The minimum Gasteiger partial charge on any atom is -0.470 e. The summed E-state index contributed by atoms with van der Waals surface area (Å²) in [5.74, 6) is 0.382. The third-order valence-corrected chi connectivity index (χ3v) is 3.25. The van der Waals surface area contributed by atoms with Gasteiger partial charge in [0.25, 0.3) is 6.43 Å². The van der Waals surface area contributed by atoms with Crippen LogP contribution in [0.25, 0.3) is 5.69 Å². The quantitative estimate of drug-likeness (QED) is 0.724. The number of benzene rings is 1. The van der Waals surface area contributed by atoms with Crippen molar-refractivity contribution in [2.45, 2.75) is 20.0 Å². The number of hydrogen-bond donors (Lipinski definition) is 0. The van der Waals surface area contributed by atoms with Gasteiger partial charge in [0.15, 0.2) is 0 Å². The molecule has 23 heavy (non-hydrogen) atoms. The minimum atomic E-state index is -2.50. The summed E-state index contributed by atoms with van der Waals surface area (Å²) in [5.41, 5.74) is 1.99. The summed E-state index contributed by atoms with van der Waals surface area (Å²) in [5, 5.41) is 15.6. The first-order valence-electron chi connectivity index (χ1n) is 6.85. The Bertz CT molecular complexity index is 774. The second-order valence-electron chi connectivity index (χ2n) is 4.78. The summed E-state index contributed by atoms with van der Waals surface area (Å²) < 4.78 is 32.4. The normalized spacial score (nSPS) is 11.0. The molecule has 2 heterocycles. The maximum atomic E-state index is 12.6. The van der Waals surface area contributed by atoms with Gasteiger partial charge in [0, 0.05) is 17.8 Å². The SMILES string of the molecule is Cc1nnn(-c2ccc(C(F)F)cc2)c1COc1cccnn1. The van der Waals surface area contributed by atoms with Crippen molar-refractivity contribution in [3.8, 4) is 11.6 Å². The monoisotopic (exact) mass is 317 g/mol. The average molecular weight is 317 g/mol. The van der Waals surface area contributed by atoms with E-state index < -0.39 is 6.43 Å². The van der Waals surface area contributed by atoms with Crippen molar-refractivity contribution in [2.75, 3.05) is 0 Å². The van der Waals surface area contributed by atoms with Gasteiger partial charge in [0.1, 0.15) is 12.3 Å². The number of aromatic nitrogens is 5. The fourth-order valence-corrected chi connectivity index (χ4v) is 2.02. The highest BCUT2D eigenvalue weighted by Gasteiger charge is 2.13. The lowest BCUT2D eigenvalue weighted by Gasteiger charge is -2.09. The van der Waals surface area contributed by atoms with Crippen molar-refractivity contribution in [1.29, 1.82) is 0 Å². The van der Waals surface area contributed by atoms with Gasteiger partial charge in [0.2, 0.25) is 5.88 Å². The number of halogens is 2. The molecule has 3 rings (SSSR count). The van der Waals surface area contributed by atoms with Crippen LogP contribution in [0, 0.1) is 6.92 Å². The van der Waals surface area contributed by atoms with Gasteiger partial charge in [-0.2, -0.15) is 5.10 Å². The van der Waals surface area contributed by atoms with Crippen LogP contribution in [0.3, 0.4) is 0 Å². The zero-order chi connectivity index (χ0) is 16.2. The van der Waals surface area contributed by atoms with Gasteiger partial charge in [0.05, 0.1) is 11.4 Å². The van der Waals surface area contributed by atoms with Crippen molar-refractivity contribution in [1.82, 2.24) is 25.2 Å². The van der Waals surface area contributed by atoms with Crippen molar-refractivity contribution in [3.63, 3.8) is 0 Å². The fourth-order valence-electron chi connectivity index (χ4n) is 2.02. The number of aryl methyl sites for hydroxylation is 1. The van der Waals surface area contributed by atoms with Crippen LogP contribution in [0.5, 0.6) is 5.88 Å². The topological polar surface area (TPSA) is 65.7 Å². The van der Waals surface area contributed by atoms with Crippen molar-refractivity contribution in [3.05, 3.63) is 59.5 Å². The fraction of sp³-hybridized carbons (Fsp3) is 0.200. The Balaban J connectivity index is 1.83. The van der Waals surface area contributed by atoms with E-state index in [1.807, 2.05) is 0 Å². The molecule has 0 saturated heterocycles. The van der Waals surface area contributed by atoms with E-state index in [9.17, 15) is 8.78 Å². The van der Waals surface area contributed by atoms with Gasteiger partial charge in [-0.25, -0.2) is 13.5 Å². The predicted molar refractivity (Wildman–Crippen MR) is 77.4 cm³/mol. The van der Waals surface area contributed by atoms with Crippen LogP contribution in [0.2, 0.25) is 0 Å². The Morgan fingerprint density at radius 1 is 1.13 bits per heavy atom. The number of hydrogen-bond acceptors (Lipinski definition) is 5. The van der Waals surface area contributed by atoms with Crippen LogP contribution in [0.1, 0.15) is 23.4 Å². The molecule has 0 radical (unpaired) electrons. The summed E-state index contributed by atoms with van der Waals surface area (Å²) in [4.78, 5) is 0. The van der Waals surface area contributed by atoms with E-state index >= 15 is 0 Å².